The van der Waals surface area contributed by atoms with E-state index >= 15 is 0 Å². The highest BCUT2D eigenvalue weighted by molar-refractivity contribution is 5.92. The van der Waals surface area contributed by atoms with E-state index in [1.54, 1.807) is 23.9 Å². The molecule has 3 heterocycles. The number of ether oxygens (including phenoxy) is 1. The van der Waals surface area contributed by atoms with Crippen LogP contribution in [0.25, 0.3) is 16.9 Å². The van der Waals surface area contributed by atoms with E-state index in [4.69, 9.17) is 4.74 Å². The normalized spacial score (nSPS) is 16.3. The quantitative estimate of drug-likeness (QED) is 0.719. The molecular formula is C19H19N5O4. The van der Waals surface area contributed by atoms with Crippen molar-refractivity contribution in [1.82, 2.24) is 19.5 Å². The van der Waals surface area contributed by atoms with Gasteiger partial charge in [-0.2, -0.15) is 5.10 Å². The van der Waals surface area contributed by atoms with Crippen molar-refractivity contribution >= 4 is 23.5 Å². The van der Waals surface area contributed by atoms with Gasteiger partial charge in [0.05, 0.1) is 19.0 Å². The number of nitrogens with one attached hydrogen (secondary N) is 1. The van der Waals surface area contributed by atoms with E-state index in [1.807, 2.05) is 30.3 Å². The Hall–Kier alpha value is -3.62. The van der Waals surface area contributed by atoms with Crippen molar-refractivity contribution in [2.75, 3.05) is 19.0 Å². The summed E-state index contributed by atoms with van der Waals surface area (Å²) in [5.74, 6) is 0.0557. The predicted molar refractivity (Wildman–Crippen MR) is 101 cm³/mol. The molecule has 1 saturated heterocycles. The molecule has 0 saturated carbocycles. The second-order valence-electron chi connectivity index (χ2n) is 6.50. The monoisotopic (exact) mass is 381 g/mol. The van der Waals surface area contributed by atoms with E-state index in [0.717, 1.165) is 17.0 Å². The Bertz CT molecular complexity index is 1050. The number of carbonyl (C=O) groups is 2. The lowest BCUT2D eigenvalue weighted by molar-refractivity contribution is -0.141. The molecule has 1 aliphatic rings. The number of amides is 2. The zero-order valence-corrected chi connectivity index (χ0v) is 15.2. The highest BCUT2D eigenvalue weighted by atomic mass is 16.5. The number of aromatic nitrogens is 3. The van der Waals surface area contributed by atoms with Crippen molar-refractivity contribution in [3.8, 4) is 17.0 Å². The maximum absolute atomic E-state index is 12.4. The van der Waals surface area contributed by atoms with E-state index in [9.17, 15) is 14.7 Å². The Labute approximate surface area is 160 Å². The number of carboxylic acid groups (broad SMARTS) is 1. The Kier molecular flexibility index (Phi) is 4.56. The molecule has 0 spiro atoms. The second kappa shape index (κ2) is 7.18. The van der Waals surface area contributed by atoms with Crippen LogP contribution in [0.15, 0.2) is 42.6 Å². The molecule has 0 aliphatic carbocycles. The van der Waals surface area contributed by atoms with Crippen LogP contribution < -0.4 is 10.1 Å². The molecule has 9 heteroatoms. The van der Waals surface area contributed by atoms with Crippen molar-refractivity contribution in [3.63, 3.8) is 0 Å². The second-order valence-corrected chi connectivity index (χ2v) is 6.50. The number of imidazole rings is 1. The Morgan fingerprint density at radius 1 is 1.29 bits per heavy atom. The van der Waals surface area contributed by atoms with E-state index in [2.05, 4.69) is 15.4 Å². The van der Waals surface area contributed by atoms with Gasteiger partial charge in [-0.15, -0.1) is 0 Å². The minimum Gasteiger partial charge on any atom is -0.497 e. The summed E-state index contributed by atoms with van der Waals surface area (Å²) in [6.45, 7) is 0.411. The number of aliphatic carboxylic acids is 1. The van der Waals surface area contributed by atoms with Gasteiger partial charge in [-0.05, 0) is 37.1 Å². The number of anilines is 1. The molecule has 3 aromatic rings. The number of hydrogen-bond acceptors (Lipinski definition) is 5. The highest BCUT2D eigenvalue weighted by Gasteiger charge is 2.34. The summed E-state index contributed by atoms with van der Waals surface area (Å²) in [5, 5.41) is 16.4. The first-order chi connectivity index (χ1) is 13.5. The molecule has 0 unspecified atom stereocenters. The van der Waals surface area contributed by atoms with Crippen LogP contribution in [-0.2, 0) is 4.79 Å². The van der Waals surface area contributed by atoms with Crippen molar-refractivity contribution in [1.29, 1.82) is 0 Å². The van der Waals surface area contributed by atoms with Gasteiger partial charge in [0.15, 0.2) is 11.5 Å². The first kappa shape index (κ1) is 17.8. The van der Waals surface area contributed by atoms with Crippen molar-refractivity contribution in [3.05, 3.63) is 42.6 Å². The van der Waals surface area contributed by atoms with Crippen LogP contribution >= 0.6 is 0 Å². The zero-order valence-electron chi connectivity index (χ0n) is 15.2. The fourth-order valence-electron chi connectivity index (χ4n) is 3.33. The third-order valence-corrected chi connectivity index (χ3v) is 4.72. The molecule has 1 atom stereocenters. The van der Waals surface area contributed by atoms with Crippen molar-refractivity contribution < 1.29 is 19.4 Å². The molecule has 144 valence electrons. The summed E-state index contributed by atoms with van der Waals surface area (Å²) in [6.07, 6.45) is 2.73. The number of rotatable bonds is 4. The molecule has 9 nitrogen and oxygen atoms in total. The third-order valence-electron chi connectivity index (χ3n) is 4.72. The van der Waals surface area contributed by atoms with Crippen LogP contribution in [0.2, 0.25) is 0 Å². The molecule has 1 aromatic carbocycles. The summed E-state index contributed by atoms with van der Waals surface area (Å²) in [5.41, 5.74) is 2.19. The van der Waals surface area contributed by atoms with E-state index in [0.29, 0.717) is 30.9 Å². The van der Waals surface area contributed by atoms with Crippen LogP contribution in [0.4, 0.5) is 10.6 Å². The van der Waals surface area contributed by atoms with E-state index < -0.39 is 18.0 Å². The predicted octanol–water partition coefficient (Wildman–Crippen LogP) is 2.49. The van der Waals surface area contributed by atoms with E-state index in [1.165, 1.54) is 4.90 Å². The van der Waals surface area contributed by atoms with Gasteiger partial charge in [0.2, 0.25) is 0 Å². The molecular weight excluding hydrogens is 362 g/mol. The van der Waals surface area contributed by atoms with Gasteiger partial charge in [-0.1, -0.05) is 12.1 Å². The van der Waals surface area contributed by atoms with Gasteiger partial charge in [0.25, 0.3) is 0 Å². The maximum Gasteiger partial charge on any atom is 0.326 e. The first-order valence-corrected chi connectivity index (χ1v) is 8.86. The minimum atomic E-state index is -0.993. The smallest absolute Gasteiger partial charge is 0.326 e. The molecule has 2 amide bonds. The summed E-state index contributed by atoms with van der Waals surface area (Å²) in [6, 6.07) is 9.92. The van der Waals surface area contributed by atoms with Gasteiger partial charge >= 0.3 is 12.0 Å². The summed E-state index contributed by atoms with van der Waals surface area (Å²) in [4.78, 5) is 29.4. The number of methoxy groups -OCH3 is 1. The SMILES string of the molecule is COc1cccc(-c2ccc3nc(NC(=O)N4CCC[C@H]4C(=O)O)cn3n2)c1. The van der Waals surface area contributed by atoms with Gasteiger partial charge < -0.3 is 14.7 Å². The lowest BCUT2D eigenvalue weighted by atomic mass is 10.1. The van der Waals surface area contributed by atoms with Crippen LogP contribution in [0.5, 0.6) is 5.75 Å². The standard InChI is InChI=1S/C19H19N5O4/c1-28-13-5-2-4-12(10-13)14-7-8-17-20-16(11-24(17)22-14)21-19(27)23-9-3-6-15(23)18(25)26/h2,4-5,7-8,10-11,15H,3,6,9H2,1H3,(H,21,27)(H,25,26)/t15-/m0/s1. The van der Waals surface area contributed by atoms with Crippen LogP contribution in [0, 0.1) is 0 Å². The molecule has 1 fully saturated rings. The molecule has 2 N–H and O–H groups in total. The first-order valence-electron chi connectivity index (χ1n) is 8.86. The van der Waals surface area contributed by atoms with Crippen LogP contribution in [-0.4, -0.2) is 56.3 Å². The number of likely N-dealkylation sites (tertiary alicyclic amines) is 1. The molecule has 2 aromatic heterocycles. The summed E-state index contributed by atoms with van der Waals surface area (Å²) < 4.78 is 6.82. The van der Waals surface area contributed by atoms with Crippen molar-refractivity contribution in [2.24, 2.45) is 0 Å². The molecule has 4 rings (SSSR count). The lowest BCUT2D eigenvalue weighted by Gasteiger charge is -2.20. The Morgan fingerprint density at radius 3 is 2.93 bits per heavy atom. The summed E-state index contributed by atoms with van der Waals surface area (Å²) in [7, 11) is 1.61. The molecule has 28 heavy (non-hydrogen) atoms. The van der Waals surface area contributed by atoms with Gasteiger partial charge in [0, 0.05) is 12.1 Å². The molecule has 0 radical (unpaired) electrons. The Balaban J connectivity index is 1.56. The van der Waals surface area contributed by atoms with Crippen LogP contribution in [0.1, 0.15) is 12.8 Å². The van der Waals surface area contributed by atoms with Crippen LogP contribution in [0.3, 0.4) is 0 Å². The summed E-state index contributed by atoms with van der Waals surface area (Å²) >= 11 is 0. The number of benzene rings is 1. The van der Waals surface area contributed by atoms with Crippen molar-refractivity contribution in [2.45, 2.75) is 18.9 Å². The average Bonchev–Trinajstić information content (AvgIpc) is 3.34. The number of fused-ring (bicyclic) bond motifs is 1. The number of hydrogen-bond donors (Lipinski definition) is 2. The minimum absolute atomic E-state index is 0.316. The number of urea groups is 1. The maximum atomic E-state index is 12.4. The average molecular weight is 381 g/mol. The number of carbonyl (C=O) groups excluding carboxylic acids is 1. The zero-order chi connectivity index (χ0) is 19.7. The topological polar surface area (TPSA) is 109 Å². The molecule has 0 bridgehead atoms. The fourth-order valence-corrected chi connectivity index (χ4v) is 3.33. The largest absolute Gasteiger partial charge is 0.497 e. The number of nitrogens with zero attached hydrogens (tertiary/aromatic N) is 4. The molecule has 1 aliphatic heterocycles. The highest BCUT2D eigenvalue weighted by Crippen LogP contribution is 2.23. The van der Waals surface area contributed by atoms with Gasteiger partial charge in [0.1, 0.15) is 11.8 Å². The Morgan fingerprint density at radius 2 is 2.14 bits per heavy atom. The lowest BCUT2D eigenvalue weighted by Crippen LogP contribution is -2.42. The van der Waals surface area contributed by atoms with Gasteiger partial charge in [-0.3, -0.25) is 5.32 Å². The number of carboxylic acids is 1. The fraction of sp³-hybridized carbons (Fsp3) is 0.263. The van der Waals surface area contributed by atoms with Gasteiger partial charge in [-0.25, -0.2) is 19.1 Å². The van der Waals surface area contributed by atoms with E-state index in [-0.39, 0.29) is 0 Å². The third kappa shape index (κ3) is 3.34.